The highest BCUT2D eigenvalue weighted by molar-refractivity contribution is 7.79. The molecule has 4 nitrogen and oxygen atoms in total. The first-order chi connectivity index (χ1) is 8.65. The second-order valence-electron chi connectivity index (χ2n) is 3.34. The number of benzene rings is 1. The first-order valence-corrected chi connectivity index (χ1v) is 6.09. The summed E-state index contributed by atoms with van der Waals surface area (Å²) in [5.74, 6) is 0.0850. The van der Waals surface area contributed by atoms with Crippen molar-refractivity contribution >= 4 is 46.8 Å². The van der Waals surface area contributed by atoms with Gasteiger partial charge in [-0.2, -0.15) is 0 Å². The Labute approximate surface area is 116 Å². The van der Waals surface area contributed by atoms with Gasteiger partial charge in [0.2, 0.25) is 0 Å². The smallest absolute Gasteiger partial charge is 0.340 e. The van der Waals surface area contributed by atoms with E-state index >= 15 is 0 Å². The van der Waals surface area contributed by atoms with Crippen molar-refractivity contribution in [1.29, 1.82) is 0 Å². The molecule has 0 amide bonds. The summed E-state index contributed by atoms with van der Waals surface area (Å²) < 4.78 is 10.1. The average Bonchev–Trinajstić information content (AvgIpc) is 2.38. The Hall–Kier alpha value is -1.53. The molecule has 0 saturated heterocycles. The van der Waals surface area contributed by atoms with E-state index in [1.807, 2.05) is 0 Å². The largest absolute Gasteiger partial charge is 0.496 e. The zero-order valence-corrected chi connectivity index (χ0v) is 11.5. The highest BCUT2D eigenvalue weighted by Gasteiger charge is 2.16. The lowest BCUT2D eigenvalue weighted by Gasteiger charge is -2.13. The molecule has 1 aromatic carbocycles. The predicted octanol–water partition coefficient (Wildman–Crippen LogP) is 1.98. The topological polar surface area (TPSA) is 61.5 Å². The zero-order chi connectivity index (χ0) is 13.5. The highest BCUT2D eigenvalue weighted by atomic mass is 32.1. The van der Waals surface area contributed by atoms with E-state index in [9.17, 15) is 4.79 Å². The summed E-state index contributed by atoms with van der Waals surface area (Å²) in [5.41, 5.74) is 7.23. The molecule has 0 aromatic heterocycles. The third-order valence-electron chi connectivity index (χ3n) is 2.32. The van der Waals surface area contributed by atoms with Gasteiger partial charge in [0.1, 0.15) is 12.4 Å². The fraction of sp³-hybridized carbons (Fsp3) is 0.250. The Morgan fingerprint density at radius 1 is 1.39 bits per heavy atom. The fourth-order valence-electron chi connectivity index (χ4n) is 1.50. The number of anilines is 1. The molecule has 0 aliphatic heterocycles. The summed E-state index contributed by atoms with van der Waals surface area (Å²) in [6.45, 7) is 0.0716. The number of hydrogen-bond acceptors (Lipinski definition) is 6. The van der Waals surface area contributed by atoms with Gasteiger partial charge in [0.05, 0.1) is 18.4 Å². The molecule has 0 fully saturated rings. The van der Waals surface area contributed by atoms with Crippen molar-refractivity contribution in [3.05, 3.63) is 23.3 Å². The number of ether oxygens (including phenoxy) is 2. The number of nitrogen functional groups attached to an aromatic ring is 1. The monoisotopic (exact) mass is 283 g/mol. The van der Waals surface area contributed by atoms with Crippen LogP contribution in [0.1, 0.15) is 15.9 Å². The lowest BCUT2D eigenvalue weighted by Crippen LogP contribution is -2.12. The third kappa shape index (κ3) is 3.24. The van der Waals surface area contributed by atoms with Gasteiger partial charge < -0.3 is 15.2 Å². The molecular weight excluding hydrogens is 270 g/mol. The fourth-order valence-corrected chi connectivity index (χ4v) is 1.73. The Bertz CT molecular complexity index is 475. The highest BCUT2D eigenvalue weighted by Crippen LogP contribution is 2.28. The minimum atomic E-state index is -0.512. The van der Waals surface area contributed by atoms with E-state index in [0.29, 0.717) is 29.0 Å². The van der Waals surface area contributed by atoms with Crippen molar-refractivity contribution in [3.8, 4) is 5.75 Å². The third-order valence-corrected chi connectivity index (χ3v) is 2.63. The second kappa shape index (κ2) is 7.03. The first-order valence-electron chi connectivity index (χ1n) is 5.15. The summed E-state index contributed by atoms with van der Waals surface area (Å²) >= 11 is 9.40. The van der Waals surface area contributed by atoms with Gasteiger partial charge in [-0.1, -0.05) is 24.4 Å². The molecule has 1 aromatic rings. The van der Waals surface area contributed by atoms with E-state index in [4.69, 9.17) is 27.4 Å². The quantitative estimate of drug-likeness (QED) is 0.489. The number of thiocarbonyl (C=S) groups is 2. The van der Waals surface area contributed by atoms with Gasteiger partial charge in [0.15, 0.2) is 0 Å². The summed E-state index contributed by atoms with van der Waals surface area (Å²) in [5, 5.41) is 2.86. The van der Waals surface area contributed by atoms with Crippen molar-refractivity contribution in [2.24, 2.45) is 0 Å². The maximum atomic E-state index is 11.7. The van der Waals surface area contributed by atoms with E-state index in [0.717, 1.165) is 0 Å². The zero-order valence-electron chi connectivity index (χ0n) is 9.84. The van der Waals surface area contributed by atoms with Crippen molar-refractivity contribution in [3.63, 3.8) is 0 Å². The molecule has 18 heavy (non-hydrogen) atoms. The summed E-state index contributed by atoms with van der Waals surface area (Å²) in [6.07, 6.45) is 0.443. The van der Waals surface area contributed by atoms with Crippen LogP contribution >= 0.6 is 24.4 Å². The van der Waals surface area contributed by atoms with Crippen LogP contribution in [0.15, 0.2) is 12.1 Å². The second-order valence-corrected chi connectivity index (χ2v) is 4.01. The van der Waals surface area contributed by atoms with E-state index in [1.165, 1.54) is 17.8 Å². The number of hydrogen-bond donors (Lipinski definition) is 1. The molecule has 2 N–H and O–H groups in total. The van der Waals surface area contributed by atoms with Crippen LogP contribution in [0.5, 0.6) is 5.75 Å². The van der Waals surface area contributed by atoms with E-state index < -0.39 is 5.97 Å². The maximum absolute atomic E-state index is 11.7. The molecule has 0 saturated carbocycles. The van der Waals surface area contributed by atoms with Crippen LogP contribution in [-0.4, -0.2) is 30.4 Å². The van der Waals surface area contributed by atoms with Crippen LogP contribution in [0.25, 0.3) is 0 Å². The Balaban J connectivity index is 3.14. The molecule has 0 spiro atoms. The molecule has 0 radical (unpaired) electrons. The molecule has 0 unspecified atom stereocenters. The lowest BCUT2D eigenvalue weighted by molar-refractivity contribution is 0.0569. The van der Waals surface area contributed by atoms with E-state index in [-0.39, 0.29) is 6.61 Å². The summed E-state index contributed by atoms with van der Waals surface area (Å²) in [6, 6.07) is 3.23. The maximum Gasteiger partial charge on any atom is 0.340 e. The van der Waals surface area contributed by atoms with Crippen LogP contribution in [0, 0.1) is 0 Å². The number of nitrogens with two attached hydrogens (primary N) is 1. The van der Waals surface area contributed by atoms with Crippen LogP contribution in [0.2, 0.25) is 0 Å². The van der Waals surface area contributed by atoms with Crippen LogP contribution in [0.4, 0.5) is 5.69 Å². The minimum absolute atomic E-state index is 0.0716. The number of rotatable bonds is 6. The van der Waals surface area contributed by atoms with E-state index in [1.54, 1.807) is 12.1 Å². The normalized spacial score (nSPS) is 9.61. The van der Waals surface area contributed by atoms with Crippen molar-refractivity contribution < 1.29 is 14.3 Å². The molecule has 96 valence electrons. The average molecular weight is 283 g/mol. The van der Waals surface area contributed by atoms with Gasteiger partial charge in [-0.05, 0) is 17.5 Å². The van der Waals surface area contributed by atoms with E-state index in [2.05, 4.69) is 12.2 Å². The van der Waals surface area contributed by atoms with Crippen molar-refractivity contribution in [2.45, 2.75) is 6.42 Å². The van der Waals surface area contributed by atoms with Gasteiger partial charge in [-0.25, -0.2) is 4.79 Å². The summed E-state index contributed by atoms with van der Waals surface area (Å²) in [7, 11) is 1.53. The minimum Gasteiger partial charge on any atom is -0.496 e. The molecule has 0 atom stereocenters. The lowest BCUT2D eigenvalue weighted by atomic mass is 10.0. The van der Waals surface area contributed by atoms with Crippen LogP contribution < -0.4 is 10.5 Å². The Morgan fingerprint density at radius 3 is 2.67 bits per heavy atom. The van der Waals surface area contributed by atoms with Crippen LogP contribution in [-0.2, 0) is 11.2 Å². The molecule has 0 aliphatic carbocycles. The first kappa shape index (κ1) is 14.5. The van der Waals surface area contributed by atoms with Crippen molar-refractivity contribution in [2.75, 3.05) is 19.5 Å². The molecule has 1 rings (SSSR count). The summed E-state index contributed by atoms with van der Waals surface area (Å²) in [4.78, 5) is 11.7. The number of carbonyl (C=O) groups excluding carboxylic acids is 1. The number of methoxy groups -OCH3 is 1. The van der Waals surface area contributed by atoms with Gasteiger partial charge in [-0.15, -0.1) is 0 Å². The predicted molar refractivity (Wildman–Crippen MR) is 78.7 cm³/mol. The number of esters is 1. The van der Waals surface area contributed by atoms with Crippen LogP contribution in [0.3, 0.4) is 0 Å². The molecule has 0 heterocycles. The standard InChI is InChI=1S/C12H13NO3S2/c1-15-10-3-2-9(12(14)16-5-7-18)11(13)8(10)4-6-17/h2-3,6-7H,4-5,13H2,1H3. The molecule has 0 bridgehead atoms. The SMILES string of the molecule is COc1ccc(C(=O)OCC=S)c(N)c1CC=S. The molecule has 6 heteroatoms. The Morgan fingerprint density at radius 2 is 2.11 bits per heavy atom. The molecular formula is C12H13NO3S2. The van der Waals surface area contributed by atoms with Gasteiger partial charge in [0, 0.05) is 17.4 Å². The number of carbonyl (C=O) groups is 1. The van der Waals surface area contributed by atoms with Gasteiger partial charge in [-0.3, -0.25) is 0 Å². The van der Waals surface area contributed by atoms with Crippen molar-refractivity contribution in [1.82, 2.24) is 0 Å². The van der Waals surface area contributed by atoms with Gasteiger partial charge in [0.25, 0.3) is 0 Å². The Kier molecular flexibility index (Phi) is 5.67. The van der Waals surface area contributed by atoms with Gasteiger partial charge >= 0.3 is 5.97 Å². The molecule has 0 aliphatic rings.